The summed E-state index contributed by atoms with van der Waals surface area (Å²) in [6.45, 7) is 1.98. The fraction of sp³-hybridized carbons (Fsp3) is 0.211. The van der Waals surface area contributed by atoms with Crippen LogP contribution in [0.2, 0.25) is 0 Å². The molecule has 1 heterocycles. The zero-order chi connectivity index (χ0) is 20.3. The molecular formula is C19H18N2O6S. The fourth-order valence-corrected chi connectivity index (χ4v) is 4.20. The first-order chi connectivity index (χ1) is 13.3. The van der Waals surface area contributed by atoms with Crippen LogP contribution < -0.4 is 9.62 Å². The van der Waals surface area contributed by atoms with Gasteiger partial charge in [0.15, 0.2) is 0 Å². The molecule has 2 aromatic carbocycles. The Bertz CT molecular complexity index is 1030. The standard InChI is InChI=1S/C19H18N2O6S/c1-2-27-19(24)13-6-8-15(9-7-13)20-18(23)14-4-3-5-16(12-14)21-17(22)10-11-28(21,25)26/h3-9,12H,2,10-11H2,1H3,(H,20,23). The SMILES string of the molecule is CCOC(=O)c1ccc(NC(=O)c2cccc(N3C(=O)CCS3(=O)=O)c2)cc1. The van der Waals surface area contributed by atoms with Gasteiger partial charge in [0.05, 0.1) is 23.6 Å². The quantitative estimate of drug-likeness (QED) is 0.768. The molecule has 146 valence electrons. The van der Waals surface area contributed by atoms with Gasteiger partial charge in [-0.2, -0.15) is 0 Å². The number of sulfonamides is 1. The van der Waals surface area contributed by atoms with Crippen molar-refractivity contribution in [3.8, 4) is 0 Å². The number of ether oxygens (including phenoxy) is 1. The van der Waals surface area contributed by atoms with Crippen molar-refractivity contribution in [3.05, 3.63) is 59.7 Å². The largest absolute Gasteiger partial charge is 0.462 e. The number of hydrogen-bond acceptors (Lipinski definition) is 6. The molecule has 2 amide bonds. The number of hydrogen-bond donors (Lipinski definition) is 1. The molecule has 8 nitrogen and oxygen atoms in total. The van der Waals surface area contributed by atoms with Crippen LogP contribution in [0.5, 0.6) is 0 Å². The van der Waals surface area contributed by atoms with E-state index in [9.17, 15) is 22.8 Å². The third-order valence-electron chi connectivity index (χ3n) is 4.08. The highest BCUT2D eigenvalue weighted by Gasteiger charge is 2.36. The van der Waals surface area contributed by atoms with Crippen LogP contribution >= 0.6 is 0 Å². The molecule has 9 heteroatoms. The Balaban J connectivity index is 1.77. The second-order valence-electron chi connectivity index (χ2n) is 6.03. The molecule has 0 aromatic heterocycles. The number of esters is 1. The van der Waals surface area contributed by atoms with Crippen molar-refractivity contribution < 1.29 is 27.5 Å². The molecule has 0 aliphatic carbocycles. The molecule has 0 atom stereocenters. The Morgan fingerprint density at radius 1 is 1.11 bits per heavy atom. The maximum absolute atomic E-state index is 12.5. The maximum atomic E-state index is 12.5. The molecule has 0 unspecified atom stereocenters. The summed E-state index contributed by atoms with van der Waals surface area (Å²) in [5.41, 5.74) is 1.14. The van der Waals surface area contributed by atoms with E-state index < -0.39 is 27.8 Å². The van der Waals surface area contributed by atoms with Crippen LogP contribution in [0.4, 0.5) is 11.4 Å². The number of anilines is 2. The average Bonchev–Trinajstić information content (AvgIpc) is 2.95. The molecule has 1 aliphatic heterocycles. The molecule has 1 N–H and O–H groups in total. The normalized spacial score (nSPS) is 15.3. The van der Waals surface area contributed by atoms with Crippen LogP contribution in [0.25, 0.3) is 0 Å². The van der Waals surface area contributed by atoms with Crippen LogP contribution in [-0.4, -0.2) is 38.6 Å². The molecule has 3 rings (SSSR count). The van der Waals surface area contributed by atoms with Crippen molar-refractivity contribution in [1.82, 2.24) is 0 Å². The van der Waals surface area contributed by atoms with E-state index in [-0.39, 0.29) is 30.0 Å². The predicted octanol–water partition coefficient (Wildman–Crippen LogP) is 2.18. The minimum Gasteiger partial charge on any atom is -0.462 e. The van der Waals surface area contributed by atoms with Gasteiger partial charge in [0.2, 0.25) is 15.9 Å². The number of benzene rings is 2. The topological polar surface area (TPSA) is 110 Å². The van der Waals surface area contributed by atoms with Gasteiger partial charge in [0.25, 0.3) is 5.91 Å². The lowest BCUT2D eigenvalue weighted by Gasteiger charge is -2.15. The van der Waals surface area contributed by atoms with Gasteiger partial charge in [0.1, 0.15) is 0 Å². The van der Waals surface area contributed by atoms with Crippen LogP contribution in [0.1, 0.15) is 34.1 Å². The monoisotopic (exact) mass is 402 g/mol. The van der Waals surface area contributed by atoms with Crippen molar-refractivity contribution in [3.63, 3.8) is 0 Å². The molecule has 28 heavy (non-hydrogen) atoms. The first-order valence-electron chi connectivity index (χ1n) is 8.56. The van der Waals surface area contributed by atoms with Crippen LogP contribution in [0.15, 0.2) is 48.5 Å². The van der Waals surface area contributed by atoms with Gasteiger partial charge in [-0.25, -0.2) is 17.5 Å². The number of carbonyl (C=O) groups excluding carboxylic acids is 3. The Hall–Kier alpha value is -3.20. The third kappa shape index (κ3) is 4.04. The molecule has 1 fully saturated rings. The first-order valence-corrected chi connectivity index (χ1v) is 10.2. The molecule has 0 bridgehead atoms. The van der Waals surface area contributed by atoms with E-state index in [1.807, 2.05) is 0 Å². The van der Waals surface area contributed by atoms with Gasteiger partial charge >= 0.3 is 5.97 Å². The molecule has 1 saturated heterocycles. The van der Waals surface area contributed by atoms with Crippen LogP contribution in [0.3, 0.4) is 0 Å². The maximum Gasteiger partial charge on any atom is 0.338 e. The first kappa shape index (κ1) is 19.6. The van der Waals surface area contributed by atoms with Crippen molar-refractivity contribution in [2.75, 3.05) is 22.0 Å². The Morgan fingerprint density at radius 3 is 2.43 bits per heavy atom. The van der Waals surface area contributed by atoms with E-state index in [1.54, 1.807) is 19.1 Å². The second kappa shape index (κ2) is 7.81. The minimum atomic E-state index is -3.70. The molecule has 0 spiro atoms. The number of carbonyl (C=O) groups is 3. The highest BCUT2D eigenvalue weighted by molar-refractivity contribution is 7.94. The van der Waals surface area contributed by atoms with Gasteiger partial charge in [-0.05, 0) is 49.4 Å². The molecule has 0 saturated carbocycles. The lowest BCUT2D eigenvalue weighted by atomic mass is 10.1. The summed E-state index contributed by atoms with van der Waals surface area (Å²) >= 11 is 0. The van der Waals surface area contributed by atoms with Crippen molar-refractivity contribution in [2.45, 2.75) is 13.3 Å². The van der Waals surface area contributed by atoms with E-state index in [4.69, 9.17) is 4.74 Å². The predicted molar refractivity (Wildman–Crippen MR) is 103 cm³/mol. The zero-order valence-electron chi connectivity index (χ0n) is 15.0. The van der Waals surface area contributed by atoms with Gasteiger partial charge in [-0.15, -0.1) is 0 Å². The smallest absolute Gasteiger partial charge is 0.338 e. The van der Waals surface area contributed by atoms with Gasteiger partial charge in [0, 0.05) is 17.7 Å². The lowest BCUT2D eigenvalue weighted by molar-refractivity contribution is -0.116. The summed E-state index contributed by atoms with van der Waals surface area (Å²) in [7, 11) is -3.70. The highest BCUT2D eigenvalue weighted by Crippen LogP contribution is 2.26. The number of nitrogens with zero attached hydrogens (tertiary/aromatic N) is 1. The lowest BCUT2D eigenvalue weighted by Crippen LogP contribution is -2.29. The summed E-state index contributed by atoms with van der Waals surface area (Å²) in [4.78, 5) is 36.0. The number of amides is 2. The number of rotatable bonds is 5. The van der Waals surface area contributed by atoms with Crippen molar-refractivity contribution in [2.24, 2.45) is 0 Å². The zero-order valence-corrected chi connectivity index (χ0v) is 15.9. The molecule has 1 aliphatic rings. The second-order valence-corrected chi connectivity index (χ2v) is 7.96. The minimum absolute atomic E-state index is 0.0778. The van der Waals surface area contributed by atoms with Gasteiger partial charge < -0.3 is 10.1 Å². The van der Waals surface area contributed by atoms with E-state index in [2.05, 4.69) is 5.32 Å². The summed E-state index contributed by atoms with van der Waals surface area (Å²) in [6.07, 6.45) is -0.0778. The summed E-state index contributed by atoms with van der Waals surface area (Å²) < 4.78 is 29.7. The van der Waals surface area contributed by atoms with E-state index >= 15 is 0 Å². The molecule has 2 aromatic rings. The Labute approximate surface area is 162 Å². The Morgan fingerprint density at radius 2 is 1.82 bits per heavy atom. The van der Waals surface area contributed by atoms with Crippen molar-refractivity contribution >= 4 is 39.2 Å². The van der Waals surface area contributed by atoms with E-state index in [0.29, 0.717) is 11.3 Å². The summed E-state index contributed by atoms with van der Waals surface area (Å²) in [5, 5.41) is 2.66. The molecule has 0 radical (unpaired) electrons. The average molecular weight is 402 g/mol. The third-order valence-corrected chi connectivity index (χ3v) is 5.77. The highest BCUT2D eigenvalue weighted by atomic mass is 32.2. The van der Waals surface area contributed by atoms with Crippen LogP contribution in [0, 0.1) is 0 Å². The van der Waals surface area contributed by atoms with E-state index in [1.165, 1.54) is 36.4 Å². The fourth-order valence-electron chi connectivity index (χ4n) is 2.75. The number of nitrogens with one attached hydrogen (secondary N) is 1. The van der Waals surface area contributed by atoms with Gasteiger partial charge in [-0.3, -0.25) is 9.59 Å². The molecular weight excluding hydrogens is 384 g/mol. The van der Waals surface area contributed by atoms with Crippen molar-refractivity contribution in [1.29, 1.82) is 0 Å². The summed E-state index contributed by atoms with van der Waals surface area (Å²) in [6, 6.07) is 12.0. The van der Waals surface area contributed by atoms with Gasteiger partial charge in [-0.1, -0.05) is 6.07 Å². The Kier molecular flexibility index (Phi) is 5.46. The summed E-state index contributed by atoms with van der Waals surface area (Å²) in [5.74, 6) is -1.69. The van der Waals surface area contributed by atoms with E-state index in [0.717, 1.165) is 4.31 Å². The van der Waals surface area contributed by atoms with Crippen LogP contribution in [-0.2, 0) is 19.6 Å².